The van der Waals surface area contributed by atoms with Gasteiger partial charge < -0.3 is 25.1 Å². The van der Waals surface area contributed by atoms with E-state index in [4.69, 9.17) is 11.6 Å². The van der Waals surface area contributed by atoms with E-state index < -0.39 is 18.3 Å². The van der Waals surface area contributed by atoms with E-state index in [0.717, 1.165) is 0 Å². The van der Waals surface area contributed by atoms with Crippen LogP contribution in [0.2, 0.25) is 5.02 Å². The molecule has 0 spiro atoms. The van der Waals surface area contributed by atoms with Gasteiger partial charge in [0.05, 0.1) is 0 Å². The lowest BCUT2D eigenvalue weighted by Crippen LogP contribution is -2.58. The molecule has 3 rings (SSSR count). The van der Waals surface area contributed by atoms with Crippen LogP contribution < -0.4 is 5.32 Å². The smallest absolute Gasteiger partial charge is 0.322 e. The molecule has 2 unspecified atom stereocenters. The molecule has 0 aromatic heterocycles. The highest BCUT2D eigenvalue weighted by Gasteiger charge is 2.34. The highest BCUT2D eigenvalue weighted by Crippen LogP contribution is 2.19. The summed E-state index contributed by atoms with van der Waals surface area (Å²) in [6.45, 7) is 3.15. The van der Waals surface area contributed by atoms with Gasteiger partial charge in [0.2, 0.25) is 11.8 Å². The Morgan fingerprint density at radius 1 is 1.29 bits per heavy atom. The standard InChI is InChI=1S/C21H28ClFN4O4/c1-14-20(30)25(8-3-6-19(29)26-9-7-17(23)18(28)13-26)10-11-27(14)21(31)24-16-5-2-4-15(22)12-16/h2,4-5,12,14,17-18,28H,3,6-11,13H2,1H3,(H,24,31)/t14-,17?,18?/m0/s1. The van der Waals surface area contributed by atoms with E-state index in [9.17, 15) is 23.9 Å². The van der Waals surface area contributed by atoms with Crippen molar-refractivity contribution >= 4 is 35.1 Å². The van der Waals surface area contributed by atoms with Crippen molar-refractivity contribution in [3.8, 4) is 0 Å². The molecule has 10 heteroatoms. The zero-order valence-electron chi connectivity index (χ0n) is 17.5. The Labute approximate surface area is 185 Å². The fourth-order valence-electron chi connectivity index (χ4n) is 3.90. The van der Waals surface area contributed by atoms with Crippen LogP contribution in [0.1, 0.15) is 26.2 Å². The van der Waals surface area contributed by atoms with E-state index in [-0.39, 0.29) is 37.2 Å². The number of carbonyl (C=O) groups excluding carboxylic acids is 3. The van der Waals surface area contributed by atoms with Gasteiger partial charge in [-0.2, -0.15) is 0 Å². The summed E-state index contributed by atoms with van der Waals surface area (Å²) in [5.41, 5.74) is 0.556. The Balaban J connectivity index is 1.45. The summed E-state index contributed by atoms with van der Waals surface area (Å²) >= 11 is 5.94. The monoisotopic (exact) mass is 454 g/mol. The van der Waals surface area contributed by atoms with Crippen LogP contribution in [0.5, 0.6) is 0 Å². The lowest BCUT2D eigenvalue weighted by atomic mass is 10.1. The Kier molecular flexibility index (Phi) is 7.72. The van der Waals surface area contributed by atoms with Crippen LogP contribution in [0.15, 0.2) is 24.3 Å². The summed E-state index contributed by atoms with van der Waals surface area (Å²) in [6, 6.07) is 5.80. The number of anilines is 1. The SMILES string of the molecule is C[C@H]1C(=O)N(CCCC(=O)N2CCC(F)C(O)C2)CCN1C(=O)Nc1cccc(Cl)c1. The third-order valence-electron chi connectivity index (χ3n) is 5.76. The molecule has 2 fully saturated rings. The molecular formula is C21H28ClFN4O4. The van der Waals surface area contributed by atoms with Crippen molar-refractivity contribution in [2.75, 3.05) is 38.0 Å². The van der Waals surface area contributed by atoms with Gasteiger partial charge in [-0.1, -0.05) is 17.7 Å². The lowest BCUT2D eigenvalue weighted by Gasteiger charge is -2.39. The summed E-state index contributed by atoms with van der Waals surface area (Å²) < 4.78 is 13.3. The average molecular weight is 455 g/mol. The van der Waals surface area contributed by atoms with Gasteiger partial charge in [0, 0.05) is 49.9 Å². The van der Waals surface area contributed by atoms with Gasteiger partial charge >= 0.3 is 6.03 Å². The van der Waals surface area contributed by atoms with Crippen molar-refractivity contribution in [2.24, 2.45) is 0 Å². The van der Waals surface area contributed by atoms with Gasteiger partial charge in [-0.15, -0.1) is 0 Å². The molecule has 170 valence electrons. The fraction of sp³-hybridized carbons (Fsp3) is 0.571. The number of carbonyl (C=O) groups is 3. The second-order valence-electron chi connectivity index (χ2n) is 7.95. The molecule has 1 aromatic rings. The minimum atomic E-state index is -1.28. The summed E-state index contributed by atoms with van der Waals surface area (Å²) in [6.07, 6.45) is -1.58. The topological polar surface area (TPSA) is 93.2 Å². The molecule has 0 radical (unpaired) electrons. The summed E-state index contributed by atoms with van der Waals surface area (Å²) in [5.74, 6) is -0.320. The Bertz CT molecular complexity index is 826. The van der Waals surface area contributed by atoms with Gasteiger partial charge in [0.1, 0.15) is 18.3 Å². The minimum absolute atomic E-state index is 0.0103. The number of hydrogen-bond donors (Lipinski definition) is 2. The molecule has 8 nitrogen and oxygen atoms in total. The van der Waals surface area contributed by atoms with Crippen LogP contribution in [0.3, 0.4) is 0 Å². The number of urea groups is 1. The minimum Gasteiger partial charge on any atom is -0.388 e. The van der Waals surface area contributed by atoms with Crippen molar-refractivity contribution < 1.29 is 23.9 Å². The van der Waals surface area contributed by atoms with Crippen LogP contribution >= 0.6 is 11.6 Å². The number of aliphatic hydroxyl groups excluding tert-OH is 1. The molecule has 2 aliphatic heterocycles. The maximum Gasteiger partial charge on any atom is 0.322 e. The number of rotatable bonds is 5. The molecule has 3 atom stereocenters. The van der Waals surface area contributed by atoms with Crippen molar-refractivity contribution in [1.29, 1.82) is 0 Å². The highest BCUT2D eigenvalue weighted by atomic mass is 35.5. The van der Waals surface area contributed by atoms with Gasteiger partial charge in [-0.25, -0.2) is 9.18 Å². The first kappa shape index (κ1) is 23.3. The van der Waals surface area contributed by atoms with Crippen LogP contribution in [-0.4, -0.2) is 88.7 Å². The number of likely N-dealkylation sites (tertiary alicyclic amines) is 1. The normalized spacial score (nSPS) is 24.3. The Morgan fingerprint density at radius 2 is 2.06 bits per heavy atom. The molecule has 31 heavy (non-hydrogen) atoms. The van der Waals surface area contributed by atoms with Crippen molar-refractivity contribution in [2.45, 2.75) is 44.5 Å². The first-order chi connectivity index (χ1) is 14.8. The molecule has 2 aliphatic rings. The van der Waals surface area contributed by atoms with Gasteiger partial charge in [0.15, 0.2) is 0 Å². The second kappa shape index (κ2) is 10.3. The van der Waals surface area contributed by atoms with E-state index >= 15 is 0 Å². The average Bonchev–Trinajstić information content (AvgIpc) is 2.73. The van der Waals surface area contributed by atoms with E-state index in [1.165, 1.54) is 9.80 Å². The van der Waals surface area contributed by atoms with Crippen LogP contribution in [0.4, 0.5) is 14.9 Å². The predicted octanol–water partition coefficient (Wildman–Crippen LogP) is 2.12. The first-order valence-corrected chi connectivity index (χ1v) is 10.9. The number of benzene rings is 1. The molecule has 0 aliphatic carbocycles. The molecule has 4 amide bonds. The van der Waals surface area contributed by atoms with E-state index in [1.54, 1.807) is 36.1 Å². The molecular weight excluding hydrogens is 427 g/mol. The molecule has 2 N–H and O–H groups in total. The maximum atomic E-state index is 13.3. The van der Waals surface area contributed by atoms with Crippen molar-refractivity contribution in [3.05, 3.63) is 29.3 Å². The third-order valence-corrected chi connectivity index (χ3v) is 5.99. The first-order valence-electron chi connectivity index (χ1n) is 10.5. The third kappa shape index (κ3) is 5.86. The number of aliphatic hydroxyl groups is 1. The van der Waals surface area contributed by atoms with Crippen LogP contribution in [0.25, 0.3) is 0 Å². The summed E-state index contributed by atoms with van der Waals surface area (Å²) in [7, 11) is 0. The summed E-state index contributed by atoms with van der Waals surface area (Å²) in [5, 5.41) is 12.9. The number of hydrogen-bond acceptors (Lipinski definition) is 4. The number of halogens is 2. The number of amides is 4. The zero-order valence-corrected chi connectivity index (χ0v) is 18.2. The number of nitrogens with zero attached hydrogens (tertiary/aromatic N) is 3. The number of alkyl halides is 1. The van der Waals surface area contributed by atoms with Crippen LogP contribution in [-0.2, 0) is 9.59 Å². The van der Waals surface area contributed by atoms with Gasteiger partial charge in [-0.05, 0) is 38.0 Å². The van der Waals surface area contributed by atoms with Gasteiger partial charge in [0.25, 0.3) is 0 Å². The molecule has 2 saturated heterocycles. The number of piperazine rings is 1. The summed E-state index contributed by atoms with van der Waals surface area (Å²) in [4.78, 5) is 42.2. The highest BCUT2D eigenvalue weighted by molar-refractivity contribution is 6.30. The Hall–Kier alpha value is -2.39. The van der Waals surface area contributed by atoms with E-state index in [2.05, 4.69) is 5.32 Å². The van der Waals surface area contributed by atoms with E-state index in [1.807, 2.05) is 0 Å². The second-order valence-corrected chi connectivity index (χ2v) is 8.39. The van der Waals surface area contributed by atoms with Gasteiger partial charge in [-0.3, -0.25) is 9.59 Å². The van der Waals surface area contributed by atoms with Crippen LogP contribution in [0, 0.1) is 0 Å². The molecule has 0 bridgehead atoms. The fourth-order valence-corrected chi connectivity index (χ4v) is 4.09. The van der Waals surface area contributed by atoms with Crippen molar-refractivity contribution in [1.82, 2.24) is 14.7 Å². The molecule has 0 saturated carbocycles. The maximum absolute atomic E-state index is 13.3. The molecule has 1 aromatic carbocycles. The lowest BCUT2D eigenvalue weighted by molar-refractivity contribution is -0.140. The number of nitrogens with one attached hydrogen (secondary N) is 1. The van der Waals surface area contributed by atoms with Crippen molar-refractivity contribution in [3.63, 3.8) is 0 Å². The quantitative estimate of drug-likeness (QED) is 0.712. The predicted molar refractivity (Wildman–Crippen MR) is 115 cm³/mol. The number of β-amino-alcohol motifs (C(OH)–C–C–N with tert-alkyl or cyclic N) is 1. The Morgan fingerprint density at radius 3 is 2.77 bits per heavy atom. The molecule has 2 heterocycles. The largest absolute Gasteiger partial charge is 0.388 e. The van der Waals surface area contributed by atoms with E-state index in [0.29, 0.717) is 43.3 Å². The zero-order chi connectivity index (χ0) is 22.5. The number of piperidine rings is 1.